The molecule has 0 aliphatic carbocycles. The molecule has 32 heavy (non-hydrogen) atoms. The largest absolute Gasteiger partial charge is 0.497 e. The Kier molecular flexibility index (Phi) is 5.89. The maximum Gasteiger partial charge on any atom is 0.278 e. The summed E-state index contributed by atoms with van der Waals surface area (Å²) >= 11 is 0. The number of amides is 2. The number of ether oxygens (including phenoxy) is 2. The van der Waals surface area contributed by atoms with Gasteiger partial charge in [-0.2, -0.15) is 0 Å². The minimum Gasteiger partial charge on any atom is -0.497 e. The van der Waals surface area contributed by atoms with Crippen molar-refractivity contribution in [2.24, 2.45) is 0 Å². The third-order valence-corrected chi connectivity index (χ3v) is 5.18. The van der Waals surface area contributed by atoms with Gasteiger partial charge < -0.3 is 14.8 Å². The molecule has 0 unspecified atom stereocenters. The molecule has 6 nitrogen and oxygen atoms in total. The van der Waals surface area contributed by atoms with Gasteiger partial charge in [0, 0.05) is 11.6 Å². The smallest absolute Gasteiger partial charge is 0.278 e. The van der Waals surface area contributed by atoms with Crippen LogP contribution in [0.3, 0.4) is 0 Å². The third-order valence-electron chi connectivity index (χ3n) is 5.18. The molecule has 0 atom stereocenters. The fraction of sp³-hybridized carbons (Fsp3) is 0.120. The van der Waals surface area contributed by atoms with E-state index in [-0.39, 0.29) is 23.4 Å². The number of nitrogens with one attached hydrogen (secondary N) is 1. The van der Waals surface area contributed by atoms with Gasteiger partial charge >= 0.3 is 0 Å². The van der Waals surface area contributed by atoms with Gasteiger partial charge in [-0.15, -0.1) is 0 Å². The highest BCUT2D eigenvalue weighted by Crippen LogP contribution is 2.35. The summed E-state index contributed by atoms with van der Waals surface area (Å²) in [5.41, 5.74) is 1.58. The van der Waals surface area contributed by atoms with Gasteiger partial charge in [0.2, 0.25) is 0 Å². The maximum absolute atomic E-state index is 14.2. The molecule has 3 aromatic carbocycles. The Balaban J connectivity index is 1.78. The van der Waals surface area contributed by atoms with Crippen LogP contribution in [0.15, 0.2) is 78.5 Å². The number of imide groups is 1. The van der Waals surface area contributed by atoms with Crippen molar-refractivity contribution in [3.8, 4) is 11.5 Å². The lowest BCUT2D eigenvalue weighted by Crippen LogP contribution is -2.32. The average Bonchev–Trinajstić information content (AvgIpc) is 3.05. The van der Waals surface area contributed by atoms with Gasteiger partial charge in [0.15, 0.2) is 0 Å². The molecule has 2 amide bonds. The zero-order valence-electron chi connectivity index (χ0n) is 17.6. The van der Waals surface area contributed by atoms with Crippen LogP contribution >= 0.6 is 0 Å². The Morgan fingerprint density at radius 3 is 2.28 bits per heavy atom. The van der Waals surface area contributed by atoms with E-state index in [0.717, 1.165) is 4.90 Å². The first-order chi connectivity index (χ1) is 15.5. The van der Waals surface area contributed by atoms with Crippen molar-refractivity contribution in [1.29, 1.82) is 0 Å². The summed E-state index contributed by atoms with van der Waals surface area (Å²) in [6, 6.07) is 20.0. The summed E-state index contributed by atoms with van der Waals surface area (Å²) in [5, 5.41) is 3.06. The number of hydrogen-bond donors (Lipinski definition) is 1. The highest BCUT2D eigenvalue weighted by Gasteiger charge is 2.39. The van der Waals surface area contributed by atoms with E-state index in [1.807, 2.05) is 6.07 Å². The average molecular weight is 432 g/mol. The molecule has 0 saturated heterocycles. The fourth-order valence-electron chi connectivity index (χ4n) is 3.55. The second-order valence-electron chi connectivity index (χ2n) is 7.10. The molecule has 7 heteroatoms. The summed E-state index contributed by atoms with van der Waals surface area (Å²) in [4.78, 5) is 27.7. The predicted octanol–water partition coefficient (Wildman–Crippen LogP) is 4.24. The molecular formula is C25H21FN2O4. The minimum absolute atomic E-state index is 0.0871. The van der Waals surface area contributed by atoms with Gasteiger partial charge in [-0.1, -0.05) is 48.5 Å². The van der Waals surface area contributed by atoms with E-state index in [1.54, 1.807) is 60.7 Å². The van der Waals surface area contributed by atoms with Crippen LogP contribution in [0.4, 0.5) is 10.1 Å². The van der Waals surface area contributed by atoms with Crippen LogP contribution < -0.4 is 14.8 Å². The van der Waals surface area contributed by atoms with Gasteiger partial charge in [-0.25, -0.2) is 4.39 Å². The zero-order chi connectivity index (χ0) is 22.7. The second kappa shape index (κ2) is 8.93. The molecular weight excluding hydrogens is 411 g/mol. The van der Waals surface area contributed by atoms with Crippen LogP contribution in [0.2, 0.25) is 0 Å². The van der Waals surface area contributed by atoms with E-state index in [9.17, 15) is 14.0 Å². The van der Waals surface area contributed by atoms with E-state index < -0.39 is 17.6 Å². The van der Waals surface area contributed by atoms with Crippen LogP contribution in [0.1, 0.15) is 11.1 Å². The summed E-state index contributed by atoms with van der Waals surface area (Å²) < 4.78 is 24.9. The van der Waals surface area contributed by atoms with Crippen molar-refractivity contribution >= 4 is 23.1 Å². The van der Waals surface area contributed by atoms with Gasteiger partial charge in [0.05, 0.1) is 32.0 Å². The van der Waals surface area contributed by atoms with Crippen LogP contribution in [-0.4, -0.2) is 30.9 Å². The molecule has 1 heterocycles. The molecule has 0 saturated carbocycles. The Hall–Kier alpha value is -4.13. The third kappa shape index (κ3) is 3.92. The van der Waals surface area contributed by atoms with Gasteiger partial charge in [0.25, 0.3) is 11.8 Å². The van der Waals surface area contributed by atoms with Gasteiger partial charge in [-0.05, 0) is 23.8 Å². The number of carbonyl (C=O) groups is 2. The number of rotatable bonds is 7. The molecule has 1 aliphatic heterocycles. The first-order valence-corrected chi connectivity index (χ1v) is 9.92. The number of methoxy groups -OCH3 is 2. The Morgan fingerprint density at radius 1 is 0.875 bits per heavy atom. The lowest BCUT2D eigenvalue weighted by atomic mass is 10.0. The number of halogens is 1. The van der Waals surface area contributed by atoms with Crippen LogP contribution in [0.25, 0.3) is 5.57 Å². The van der Waals surface area contributed by atoms with Crippen molar-refractivity contribution in [2.45, 2.75) is 6.54 Å². The molecule has 0 fully saturated rings. The monoisotopic (exact) mass is 432 g/mol. The van der Waals surface area contributed by atoms with Crippen LogP contribution in [0, 0.1) is 5.82 Å². The molecule has 162 valence electrons. The van der Waals surface area contributed by atoms with E-state index >= 15 is 0 Å². The maximum atomic E-state index is 14.2. The van der Waals surface area contributed by atoms with Crippen molar-refractivity contribution < 1.29 is 23.5 Å². The van der Waals surface area contributed by atoms with Crippen molar-refractivity contribution in [3.63, 3.8) is 0 Å². The summed E-state index contributed by atoms with van der Waals surface area (Å²) in [7, 11) is 3.03. The summed E-state index contributed by atoms with van der Waals surface area (Å²) in [6.45, 7) is -0.179. The molecule has 4 rings (SSSR count). The zero-order valence-corrected chi connectivity index (χ0v) is 17.6. The summed E-state index contributed by atoms with van der Waals surface area (Å²) in [6.07, 6.45) is 0. The highest BCUT2D eigenvalue weighted by atomic mass is 19.1. The van der Waals surface area contributed by atoms with Crippen LogP contribution in [-0.2, 0) is 16.1 Å². The van der Waals surface area contributed by atoms with Crippen LogP contribution in [0.5, 0.6) is 11.5 Å². The summed E-state index contributed by atoms with van der Waals surface area (Å²) in [5.74, 6) is -0.519. The number of benzene rings is 3. The Morgan fingerprint density at radius 2 is 1.59 bits per heavy atom. The number of nitrogens with zero attached hydrogens (tertiary/aromatic N) is 1. The highest BCUT2D eigenvalue weighted by molar-refractivity contribution is 6.36. The second-order valence-corrected chi connectivity index (χ2v) is 7.10. The Bertz CT molecular complexity index is 1210. The van der Waals surface area contributed by atoms with E-state index in [2.05, 4.69) is 5.32 Å². The first kappa shape index (κ1) is 21.1. The molecule has 0 radical (unpaired) electrons. The predicted molar refractivity (Wildman–Crippen MR) is 118 cm³/mol. The Labute approximate surface area is 184 Å². The molecule has 0 bridgehead atoms. The molecule has 0 aromatic heterocycles. The molecule has 0 spiro atoms. The lowest BCUT2D eigenvalue weighted by Gasteiger charge is -2.16. The molecule has 3 aromatic rings. The quantitative estimate of drug-likeness (QED) is 0.566. The molecule has 1 aliphatic rings. The SMILES string of the molecule is COc1ccc(OC)c(NC2=C(c3ccccc3)C(=O)N(Cc3ccccc3F)C2=O)c1. The normalized spacial score (nSPS) is 13.5. The van der Waals surface area contributed by atoms with Crippen molar-refractivity contribution in [3.05, 3.63) is 95.4 Å². The van der Waals surface area contributed by atoms with Gasteiger partial charge in [-0.3, -0.25) is 14.5 Å². The minimum atomic E-state index is -0.554. The molecule has 1 N–H and O–H groups in total. The number of anilines is 1. The number of hydrogen-bond acceptors (Lipinski definition) is 5. The first-order valence-electron chi connectivity index (χ1n) is 9.92. The lowest BCUT2D eigenvalue weighted by molar-refractivity contribution is -0.137. The fourth-order valence-corrected chi connectivity index (χ4v) is 3.55. The van der Waals surface area contributed by atoms with Crippen molar-refractivity contribution in [1.82, 2.24) is 4.90 Å². The van der Waals surface area contributed by atoms with E-state index in [0.29, 0.717) is 22.7 Å². The number of carbonyl (C=O) groups excluding carboxylic acids is 2. The van der Waals surface area contributed by atoms with E-state index in [4.69, 9.17) is 9.47 Å². The van der Waals surface area contributed by atoms with Gasteiger partial charge in [0.1, 0.15) is 23.0 Å². The topological polar surface area (TPSA) is 67.9 Å². The van der Waals surface area contributed by atoms with E-state index in [1.165, 1.54) is 20.3 Å². The standard InChI is InChI=1S/C25H21FN2O4/c1-31-18-12-13-21(32-2)20(14-18)27-23-22(16-8-4-3-5-9-16)24(29)28(25(23)30)15-17-10-6-7-11-19(17)26/h3-14,27H,15H2,1-2H3. The van der Waals surface area contributed by atoms with Crippen molar-refractivity contribution in [2.75, 3.05) is 19.5 Å².